The number of ether oxygens (including phenoxy) is 2. The van der Waals surface area contributed by atoms with Crippen molar-refractivity contribution in [2.75, 3.05) is 26.3 Å². The van der Waals surface area contributed by atoms with Gasteiger partial charge in [-0.25, -0.2) is 8.42 Å². The van der Waals surface area contributed by atoms with E-state index in [0.29, 0.717) is 50.3 Å². The average Bonchev–Trinajstić information content (AvgIpc) is 3.34. The first-order valence-electron chi connectivity index (χ1n) is 11.5. The number of nitrogens with zero attached hydrogens (tertiary/aromatic N) is 2. The van der Waals surface area contributed by atoms with Gasteiger partial charge < -0.3 is 9.47 Å². The highest BCUT2D eigenvalue weighted by atomic mass is 32.2. The first-order valence-corrected chi connectivity index (χ1v) is 13.0. The van der Waals surface area contributed by atoms with Gasteiger partial charge in [0.2, 0.25) is 21.8 Å². The molecule has 1 aromatic rings. The zero-order valence-corrected chi connectivity index (χ0v) is 19.2. The van der Waals surface area contributed by atoms with E-state index in [1.54, 1.807) is 19.1 Å². The fourth-order valence-corrected chi connectivity index (χ4v) is 7.30. The maximum atomic E-state index is 13.4. The van der Waals surface area contributed by atoms with Crippen molar-refractivity contribution >= 4 is 21.8 Å². The number of carbonyl (C=O) groups excluding carboxylic acids is 2. The molecule has 1 aromatic carbocycles. The van der Waals surface area contributed by atoms with Crippen LogP contribution in [0.25, 0.3) is 0 Å². The lowest BCUT2D eigenvalue weighted by Crippen LogP contribution is -2.47. The Balaban J connectivity index is 1.35. The fourth-order valence-electron chi connectivity index (χ4n) is 5.58. The fraction of sp³-hybridized carbons (Fsp3) is 0.652. The third-order valence-electron chi connectivity index (χ3n) is 7.44. The number of likely N-dealkylation sites (tertiary alicyclic amines) is 1. The van der Waals surface area contributed by atoms with E-state index in [0.717, 1.165) is 25.7 Å². The highest BCUT2D eigenvalue weighted by Crippen LogP contribution is 2.39. The number of aryl methyl sites for hydroxylation is 1. The topological polar surface area (TPSA) is 93.2 Å². The summed E-state index contributed by atoms with van der Waals surface area (Å²) in [5.41, 5.74) is 1.31. The van der Waals surface area contributed by atoms with Gasteiger partial charge in [-0.1, -0.05) is 25.0 Å². The first-order chi connectivity index (χ1) is 15.3. The minimum absolute atomic E-state index is 0.109. The zero-order chi connectivity index (χ0) is 22.5. The quantitative estimate of drug-likeness (QED) is 0.637. The highest BCUT2D eigenvalue weighted by molar-refractivity contribution is 7.89. The predicted octanol–water partition coefficient (Wildman–Crippen LogP) is 2.20. The Morgan fingerprint density at radius 2 is 1.59 bits per heavy atom. The molecule has 174 valence electrons. The lowest BCUT2D eigenvalue weighted by molar-refractivity contribution is -0.179. The Morgan fingerprint density at radius 3 is 2.19 bits per heavy atom. The number of sulfonamides is 1. The van der Waals surface area contributed by atoms with Crippen LogP contribution < -0.4 is 0 Å². The second-order valence-corrected chi connectivity index (χ2v) is 11.3. The molecular weight excluding hydrogens is 432 g/mol. The predicted molar refractivity (Wildman–Crippen MR) is 115 cm³/mol. The summed E-state index contributed by atoms with van der Waals surface area (Å²) in [6, 6.07) is 5.19. The van der Waals surface area contributed by atoms with Crippen LogP contribution in [0.5, 0.6) is 0 Å². The largest absolute Gasteiger partial charge is 0.347 e. The second kappa shape index (κ2) is 8.20. The maximum Gasteiger partial charge on any atom is 0.243 e. The molecule has 8 nitrogen and oxygen atoms in total. The summed E-state index contributed by atoms with van der Waals surface area (Å²) >= 11 is 0. The maximum absolute atomic E-state index is 13.4. The van der Waals surface area contributed by atoms with E-state index in [1.807, 2.05) is 6.07 Å². The molecule has 0 N–H and O–H groups in total. The molecule has 3 saturated heterocycles. The molecule has 2 unspecified atom stereocenters. The van der Waals surface area contributed by atoms with Crippen molar-refractivity contribution in [1.29, 1.82) is 0 Å². The number of piperidine rings is 1. The average molecular weight is 463 g/mol. The number of hydrogen-bond acceptors (Lipinski definition) is 6. The molecule has 1 saturated carbocycles. The summed E-state index contributed by atoms with van der Waals surface area (Å²) in [6.07, 6.45) is 4.50. The third kappa shape index (κ3) is 3.69. The van der Waals surface area contributed by atoms with E-state index in [1.165, 1.54) is 9.21 Å². The molecule has 1 aliphatic carbocycles. The Morgan fingerprint density at radius 1 is 1.00 bits per heavy atom. The van der Waals surface area contributed by atoms with Gasteiger partial charge >= 0.3 is 0 Å². The number of amides is 2. The van der Waals surface area contributed by atoms with Crippen LogP contribution in [0.2, 0.25) is 0 Å². The van der Waals surface area contributed by atoms with E-state index >= 15 is 0 Å². The van der Waals surface area contributed by atoms with Crippen LogP contribution in [-0.2, 0) is 35.6 Å². The standard InChI is InChI=1S/C23H30N2O6S/c1-16-6-7-17(15-25-21(26)18-4-2-3-5-19(18)22(25)27)14-20(16)32(28,29)24-10-8-23(9-11-24)30-12-13-31-23/h6-7,14,18-19H,2-5,8-13,15H2,1H3. The number of rotatable bonds is 4. The van der Waals surface area contributed by atoms with Crippen LogP contribution in [0.15, 0.2) is 23.1 Å². The minimum Gasteiger partial charge on any atom is -0.347 e. The van der Waals surface area contributed by atoms with E-state index in [2.05, 4.69) is 0 Å². The molecule has 0 aromatic heterocycles. The minimum atomic E-state index is -3.71. The van der Waals surface area contributed by atoms with Crippen molar-refractivity contribution < 1.29 is 27.5 Å². The Bertz CT molecular complexity index is 999. The zero-order valence-electron chi connectivity index (χ0n) is 18.4. The van der Waals surface area contributed by atoms with Gasteiger partial charge in [0, 0.05) is 25.9 Å². The van der Waals surface area contributed by atoms with Gasteiger partial charge in [-0.3, -0.25) is 14.5 Å². The molecular formula is C23H30N2O6S. The lowest BCUT2D eigenvalue weighted by atomic mass is 9.81. The summed E-state index contributed by atoms with van der Waals surface area (Å²) in [7, 11) is -3.71. The van der Waals surface area contributed by atoms with Crippen LogP contribution >= 0.6 is 0 Å². The normalized spacial score (nSPS) is 28.5. The lowest BCUT2D eigenvalue weighted by Gasteiger charge is -2.37. The Hall–Kier alpha value is -1.81. The molecule has 9 heteroatoms. The van der Waals surface area contributed by atoms with Gasteiger partial charge in [-0.15, -0.1) is 0 Å². The van der Waals surface area contributed by atoms with Crippen LogP contribution in [0, 0.1) is 18.8 Å². The molecule has 2 amide bonds. The van der Waals surface area contributed by atoms with Crippen LogP contribution in [0.3, 0.4) is 0 Å². The molecule has 0 radical (unpaired) electrons. The Labute approximate surface area is 188 Å². The number of carbonyl (C=O) groups is 2. The summed E-state index contributed by atoms with van der Waals surface area (Å²) in [4.78, 5) is 27.2. The number of imide groups is 1. The smallest absolute Gasteiger partial charge is 0.243 e. The molecule has 5 rings (SSSR count). The van der Waals surface area contributed by atoms with Gasteiger partial charge in [0.15, 0.2) is 5.79 Å². The second-order valence-electron chi connectivity index (χ2n) is 9.37. The summed E-state index contributed by atoms with van der Waals surface area (Å²) in [5.74, 6) is -1.27. The first kappa shape index (κ1) is 22.0. The van der Waals surface area contributed by atoms with E-state index in [-0.39, 0.29) is 35.1 Å². The molecule has 4 fully saturated rings. The monoisotopic (exact) mass is 462 g/mol. The number of fused-ring (bicyclic) bond motifs is 1. The van der Waals surface area contributed by atoms with Crippen LogP contribution in [-0.4, -0.2) is 61.5 Å². The van der Waals surface area contributed by atoms with Crippen molar-refractivity contribution in [2.45, 2.75) is 62.7 Å². The third-order valence-corrected chi connectivity index (χ3v) is 9.48. The van der Waals surface area contributed by atoms with Gasteiger partial charge in [0.25, 0.3) is 0 Å². The SMILES string of the molecule is Cc1ccc(CN2C(=O)C3CCCCC3C2=O)cc1S(=O)(=O)N1CCC2(CC1)OCCO2. The van der Waals surface area contributed by atoms with Crippen molar-refractivity contribution in [3.63, 3.8) is 0 Å². The van der Waals surface area contributed by atoms with E-state index < -0.39 is 15.8 Å². The van der Waals surface area contributed by atoms with Crippen molar-refractivity contribution in [3.05, 3.63) is 29.3 Å². The number of hydrogen-bond donors (Lipinski definition) is 0. The molecule has 2 atom stereocenters. The van der Waals surface area contributed by atoms with E-state index in [4.69, 9.17) is 9.47 Å². The van der Waals surface area contributed by atoms with Crippen molar-refractivity contribution in [3.8, 4) is 0 Å². The summed E-state index contributed by atoms with van der Waals surface area (Å²) in [5, 5.41) is 0. The molecule has 1 spiro atoms. The summed E-state index contributed by atoms with van der Waals surface area (Å²) in [6.45, 7) is 3.65. The summed E-state index contributed by atoms with van der Waals surface area (Å²) < 4.78 is 39.8. The van der Waals surface area contributed by atoms with E-state index in [9.17, 15) is 18.0 Å². The van der Waals surface area contributed by atoms with Gasteiger partial charge in [-0.2, -0.15) is 4.31 Å². The molecule has 4 aliphatic rings. The van der Waals surface area contributed by atoms with Crippen LogP contribution in [0.4, 0.5) is 0 Å². The molecule has 3 heterocycles. The van der Waals surface area contributed by atoms with Gasteiger partial charge in [0.05, 0.1) is 36.5 Å². The van der Waals surface area contributed by atoms with Crippen LogP contribution in [0.1, 0.15) is 49.7 Å². The van der Waals surface area contributed by atoms with Gasteiger partial charge in [-0.05, 0) is 37.0 Å². The molecule has 3 aliphatic heterocycles. The Kier molecular flexibility index (Phi) is 5.64. The number of benzene rings is 1. The van der Waals surface area contributed by atoms with Crippen molar-refractivity contribution in [2.24, 2.45) is 11.8 Å². The van der Waals surface area contributed by atoms with Crippen molar-refractivity contribution in [1.82, 2.24) is 9.21 Å². The molecule has 0 bridgehead atoms. The molecule has 32 heavy (non-hydrogen) atoms. The van der Waals surface area contributed by atoms with Gasteiger partial charge in [0.1, 0.15) is 0 Å². The highest BCUT2D eigenvalue weighted by Gasteiger charge is 2.48.